The third-order valence-electron chi connectivity index (χ3n) is 4.96. The summed E-state index contributed by atoms with van der Waals surface area (Å²) in [4.78, 5) is 18.4. The third-order valence-corrected chi connectivity index (χ3v) is 4.96. The molecule has 1 aromatic rings. The van der Waals surface area contributed by atoms with Crippen LogP contribution in [0.25, 0.3) is 0 Å². The molecule has 0 aliphatic carbocycles. The van der Waals surface area contributed by atoms with Gasteiger partial charge in [0.1, 0.15) is 5.75 Å². The number of hydrogen-bond donors (Lipinski definition) is 4. The van der Waals surface area contributed by atoms with Crippen molar-refractivity contribution >= 4 is 11.9 Å². The Hall–Kier alpha value is -2.28. The lowest BCUT2D eigenvalue weighted by Crippen LogP contribution is -2.50. The van der Waals surface area contributed by atoms with Crippen molar-refractivity contribution in [1.29, 1.82) is 0 Å². The normalized spacial score (nSPS) is 16.0. The van der Waals surface area contributed by atoms with Crippen LogP contribution in [0, 0.1) is 0 Å². The average molecular weight is 390 g/mol. The molecule has 28 heavy (non-hydrogen) atoms. The Morgan fingerprint density at radius 2 is 1.89 bits per heavy atom. The van der Waals surface area contributed by atoms with E-state index in [0.29, 0.717) is 18.3 Å². The van der Waals surface area contributed by atoms with E-state index in [1.807, 2.05) is 12.1 Å². The summed E-state index contributed by atoms with van der Waals surface area (Å²) in [7, 11) is 1.79. The Morgan fingerprint density at radius 3 is 2.54 bits per heavy atom. The van der Waals surface area contributed by atoms with Gasteiger partial charge in [0, 0.05) is 39.3 Å². The van der Waals surface area contributed by atoms with E-state index in [4.69, 9.17) is 0 Å². The van der Waals surface area contributed by atoms with Crippen LogP contribution in [0.5, 0.6) is 5.75 Å². The minimum Gasteiger partial charge on any atom is -0.508 e. The van der Waals surface area contributed by atoms with Crippen LogP contribution in [-0.4, -0.2) is 67.7 Å². The molecule has 7 heteroatoms. The highest BCUT2D eigenvalue weighted by atomic mass is 16.3. The molecule has 1 aromatic carbocycles. The van der Waals surface area contributed by atoms with Gasteiger partial charge in [0.25, 0.3) is 0 Å². The molecule has 7 nitrogen and oxygen atoms in total. The van der Waals surface area contributed by atoms with Crippen molar-refractivity contribution in [2.75, 3.05) is 39.8 Å². The van der Waals surface area contributed by atoms with E-state index in [-0.39, 0.29) is 5.91 Å². The van der Waals surface area contributed by atoms with Crippen LogP contribution in [0.1, 0.15) is 38.2 Å². The van der Waals surface area contributed by atoms with E-state index >= 15 is 0 Å². The molecule has 1 aliphatic rings. The second-order valence-corrected chi connectivity index (χ2v) is 7.31. The quantitative estimate of drug-likeness (QED) is 0.292. The largest absolute Gasteiger partial charge is 0.508 e. The number of carbonyl (C=O) groups is 1. The zero-order valence-electron chi connectivity index (χ0n) is 17.2. The number of guanidine groups is 1. The van der Waals surface area contributed by atoms with Gasteiger partial charge in [-0.3, -0.25) is 14.7 Å². The number of rotatable bonds is 9. The summed E-state index contributed by atoms with van der Waals surface area (Å²) >= 11 is 0. The van der Waals surface area contributed by atoms with Gasteiger partial charge in [0.2, 0.25) is 5.91 Å². The predicted octanol–water partition coefficient (Wildman–Crippen LogP) is 1.48. The van der Waals surface area contributed by atoms with Gasteiger partial charge in [-0.15, -0.1) is 0 Å². The molecule has 0 atom stereocenters. The minimum absolute atomic E-state index is 0.124. The number of carbonyl (C=O) groups excluding carboxylic acids is 1. The van der Waals surface area contributed by atoms with Crippen LogP contribution < -0.4 is 16.0 Å². The minimum atomic E-state index is 0.124. The molecule has 1 fully saturated rings. The fourth-order valence-corrected chi connectivity index (χ4v) is 3.31. The van der Waals surface area contributed by atoms with Crippen molar-refractivity contribution < 1.29 is 9.90 Å². The number of likely N-dealkylation sites (tertiary alicyclic amines) is 1. The summed E-state index contributed by atoms with van der Waals surface area (Å²) < 4.78 is 0. The first kappa shape index (κ1) is 22.0. The molecule has 2 rings (SSSR count). The lowest BCUT2D eigenvalue weighted by atomic mass is 10.1. The summed E-state index contributed by atoms with van der Waals surface area (Å²) in [6.45, 7) is 6.01. The average Bonchev–Trinajstić information content (AvgIpc) is 2.71. The number of piperidine rings is 1. The van der Waals surface area contributed by atoms with Crippen LogP contribution >= 0.6 is 0 Å². The number of aryl methyl sites for hydroxylation is 1. The zero-order chi connectivity index (χ0) is 20.2. The van der Waals surface area contributed by atoms with Crippen molar-refractivity contribution in [3.8, 4) is 5.75 Å². The van der Waals surface area contributed by atoms with Gasteiger partial charge in [0.05, 0.1) is 6.54 Å². The second-order valence-electron chi connectivity index (χ2n) is 7.31. The first-order chi connectivity index (χ1) is 13.6. The fourth-order valence-electron chi connectivity index (χ4n) is 3.31. The Labute approximate surface area is 168 Å². The standard InChI is InChI=1S/C21H35N5O2/c1-3-12-23-20(28)16-26-14-10-18(11-15-26)25-21(22-2)24-13-4-5-17-6-8-19(27)9-7-17/h6-9,18,27H,3-5,10-16H2,1-2H3,(H,23,28)(H2,22,24,25). The molecule has 0 bridgehead atoms. The third kappa shape index (κ3) is 8.17. The van der Waals surface area contributed by atoms with Gasteiger partial charge in [0.15, 0.2) is 5.96 Å². The first-order valence-corrected chi connectivity index (χ1v) is 10.3. The van der Waals surface area contributed by atoms with Crippen molar-refractivity contribution in [1.82, 2.24) is 20.9 Å². The molecular weight excluding hydrogens is 354 g/mol. The Balaban J connectivity index is 1.61. The number of aromatic hydroxyl groups is 1. The summed E-state index contributed by atoms with van der Waals surface area (Å²) in [5.74, 6) is 1.27. The van der Waals surface area contributed by atoms with Gasteiger partial charge in [-0.25, -0.2) is 0 Å². The smallest absolute Gasteiger partial charge is 0.234 e. The highest BCUT2D eigenvalue weighted by Gasteiger charge is 2.21. The van der Waals surface area contributed by atoms with E-state index < -0.39 is 0 Å². The van der Waals surface area contributed by atoms with Crippen molar-refractivity contribution in [3.63, 3.8) is 0 Å². The van der Waals surface area contributed by atoms with Gasteiger partial charge < -0.3 is 21.1 Å². The Kier molecular flexibility index (Phi) is 9.62. The number of hydrogen-bond acceptors (Lipinski definition) is 4. The van der Waals surface area contributed by atoms with E-state index in [1.54, 1.807) is 19.2 Å². The number of phenolic OH excluding ortho intramolecular Hbond substituents is 1. The number of amides is 1. The molecule has 0 aromatic heterocycles. The molecule has 156 valence electrons. The van der Waals surface area contributed by atoms with Crippen LogP contribution in [-0.2, 0) is 11.2 Å². The molecule has 1 saturated heterocycles. The number of aliphatic imine (C=N–C) groups is 1. The van der Waals surface area contributed by atoms with Crippen molar-refractivity contribution in [2.24, 2.45) is 4.99 Å². The summed E-state index contributed by atoms with van der Waals surface area (Å²) in [5, 5.41) is 19.1. The van der Waals surface area contributed by atoms with Crippen molar-refractivity contribution in [3.05, 3.63) is 29.8 Å². The number of benzene rings is 1. The van der Waals surface area contributed by atoms with Gasteiger partial charge >= 0.3 is 0 Å². The van der Waals surface area contributed by atoms with E-state index in [9.17, 15) is 9.90 Å². The SMILES string of the molecule is CCCNC(=O)CN1CCC(NC(=NC)NCCCc2ccc(O)cc2)CC1. The molecule has 0 saturated carbocycles. The second kappa shape index (κ2) is 12.2. The zero-order valence-corrected chi connectivity index (χ0v) is 17.2. The molecule has 4 N–H and O–H groups in total. The maximum atomic E-state index is 11.8. The highest BCUT2D eigenvalue weighted by molar-refractivity contribution is 5.80. The maximum Gasteiger partial charge on any atom is 0.234 e. The lowest BCUT2D eigenvalue weighted by Gasteiger charge is -2.32. The van der Waals surface area contributed by atoms with Crippen LogP contribution in [0.3, 0.4) is 0 Å². The Morgan fingerprint density at radius 1 is 1.18 bits per heavy atom. The van der Waals surface area contributed by atoms with Gasteiger partial charge in [-0.2, -0.15) is 0 Å². The van der Waals surface area contributed by atoms with Crippen LogP contribution in [0.4, 0.5) is 0 Å². The number of nitrogens with one attached hydrogen (secondary N) is 3. The van der Waals surface area contributed by atoms with Crippen molar-refractivity contribution in [2.45, 2.75) is 45.1 Å². The topological polar surface area (TPSA) is 89.0 Å². The molecular formula is C21H35N5O2. The highest BCUT2D eigenvalue weighted by Crippen LogP contribution is 2.11. The molecule has 0 unspecified atom stereocenters. The number of nitrogens with zero attached hydrogens (tertiary/aromatic N) is 2. The molecule has 0 spiro atoms. The van der Waals surface area contributed by atoms with E-state index in [2.05, 4.69) is 32.8 Å². The first-order valence-electron chi connectivity index (χ1n) is 10.3. The summed E-state index contributed by atoms with van der Waals surface area (Å²) in [5.41, 5.74) is 1.22. The van der Waals surface area contributed by atoms with E-state index in [1.165, 1.54) is 5.56 Å². The summed E-state index contributed by atoms with van der Waals surface area (Å²) in [6, 6.07) is 7.75. The maximum absolute atomic E-state index is 11.8. The molecule has 1 amide bonds. The molecule has 1 aliphatic heterocycles. The van der Waals surface area contributed by atoms with E-state index in [0.717, 1.165) is 64.2 Å². The predicted molar refractivity (Wildman–Crippen MR) is 114 cm³/mol. The Bertz CT molecular complexity index is 610. The van der Waals surface area contributed by atoms with Gasteiger partial charge in [-0.05, 0) is 49.8 Å². The summed E-state index contributed by atoms with van der Waals surface area (Å²) in [6.07, 6.45) is 4.95. The number of phenols is 1. The van der Waals surface area contributed by atoms with Crippen LogP contribution in [0.2, 0.25) is 0 Å². The monoisotopic (exact) mass is 389 g/mol. The van der Waals surface area contributed by atoms with Crippen LogP contribution in [0.15, 0.2) is 29.3 Å². The molecule has 0 radical (unpaired) electrons. The fraction of sp³-hybridized carbons (Fsp3) is 0.619. The molecule has 1 heterocycles. The van der Waals surface area contributed by atoms with Gasteiger partial charge in [-0.1, -0.05) is 19.1 Å². The lowest BCUT2D eigenvalue weighted by molar-refractivity contribution is -0.122.